The standard InChI is InChI=1S/C19H24N4O5S/c1-5-23-18(14-8-6-7-13(2)9-14)20-21-19(23)29-12-15(24)22(10-16(25)27-3)11-17(26)28-4/h6-9H,5,10-12H2,1-4H3. The number of ether oxygens (including phenoxy) is 2. The molecule has 0 radical (unpaired) electrons. The van der Waals surface area contributed by atoms with Crippen molar-refractivity contribution in [3.8, 4) is 11.4 Å². The number of benzene rings is 1. The van der Waals surface area contributed by atoms with Gasteiger partial charge in [0, 0.05) is 12.1 Å². The highest BCUT2D eigenvalue weighted by molar-refractivity contribution is 7.99. The second-order valence-electron chi connectivity index (χ2n) is 6.11. The molecule has 1 aromatic heterocycles. The Morgan fingerprint density at radius 3 is 2.31 bits per heavy atom. The van der Waals surface area contributed by atoms with E-state index in [9.17, 15) is 14.4 Å². The molecule has 10 heteroatoms. The van der Waals surface area contributed by atoms with E-state index in [0.29, 0.717) is 17.5 Å². The number of nitrogens with zero attached hydrogens (tertiary/aromatic N) is 4. The smallest absolute Gasteiger partial charge is 0.325 e. The van der Waals surface area contributed by atoms with Gasteiger partial charge in [0.2, 0.25) is 5.91 Å². The number of carbonyl (C=O) groups excluding carboxylic acids is 3. The lowest BCUT2D eigenvalue weighted by Crippen LogP contribution is -2.41. The van der Waals surface area contributed by atoms with Gasteiger partial charge in [0.25, 0.3) is 0 Å². The Bertz CT molecular complexity index is 865. The Morgan fingerprint density at radius 1 is 1.10 bits per heavy atom. The molecular weight excluding hydrogens is 396 g/mol. The van der Waals surface area contributed by atoms with Gasteiger partial charge in [-0.15, -0.1) is 10.2 Å². The van der Waals surface area contributed by atoms with Crippen LogP contribution in [0.3, 0.4) is 0 Å². The molecule has 0 fully saturated rings. The summed E-state index contributed by atoms with van der Waals surface area (Å²) < 4.78 is 11.1. The van der Waals surface area contributed by atoms with Crippen molar-refractivity contribution in [3.05, 3.63) is 29.8 Å². The third kappa shape index (κ3) is 6.05. The van der Waals surface area contributed by atoms with Crippen molar-refractivity contribution in [1.29, 1.82) is 0 Å². The Kier molecular flexibility index (Phi) is 8.20. The van der Waals surface area contributed by atoms with E-state index in [4.69, 9.17) is 0 Å². The van der Waals surface area contributed by atoms with Crippen LogP contribution in [0.4, 0.5) is 0 Å². The highest BCUT2D eigenvalue weighted by Gasteiger charge is 2.22. The van der Waals surface area contributed by atoms with Gasteiger partial charge in [0.15, 0.2) is 11.0 Å². The minimum absolute atomic E-state index is 0.0139. The Morgan fingerprint density at radius 2 is 1.76 bits per heavy atom. The largest absolute Gasteiger partial charge is 0.468 e. The summed E-state index contributed by atoms with van der Waals surface area (Å²) in [7, 11) is 2.43. The van der Waals surface area contributed by atoms with Gasteiger partial charge < -0.3 is 18.9 Å². The van der Waals surface area contributed by atoms with Gasteiger partial charge in [-0.05, 0) is 19.9 Å². The van der Waals surface area contributed by atoms with Gasteiger partial charge in [0.05, 0.1) is 20.0 Å². The average molecular weight is 420 g/mol. The zero-order valence-electron chi connectivity index (χ0n) is 16.9. The first-order valence-electron chi connectivity index (χ1n) is 8.94. The van der Waals surface area contributed by atoms with E-state index in [1.807, 2.05) is 42.7 Å². The van der Waals surface area contributed by atoms with Crippen molar-refractivity contribution in [1.82, 2.24) is 19.7 Å². The summed E-state index contributed by atoms with van der Waals surface area (Å²) in [6.07, 6.45) is 0. The number of carbonyl (C=O) groups is 3. The molecule has 0 saturated heterocycles. The summed E-state index contributed by atoms with van der Waals surface area (Å²) in [5.74, 6) is -0.947. The number of aromatic nitrogens is 3. The normalized spacial score (nSPS) is 10.5. The molecule has 1 aromatic carbocycles. The van der Waals surface area contributed by atoms with Crippen LogP contribution in [0.1, 0.15) is 12.5 Å². The van der Waals surface area contributed by atoms with Crippen molar-refractivity contribution in [2.45, 2.75) is 25.5 Å². The van der Waals surface area contributed by atoms with E-state index in [-0.39, 0.29) is 18.8 Å². The van der Waals surface area contributed by atoms with Crippen LogP contribution in [0.5, 0.6) is 0 Å². The van der Waals surface area contributed by atoms with Gasteiger partial charge in [-0.25, -0.2) is 0 Å². The van der Waals surface area contributed by atoms with Crippen molar-refractivity contribution in [2.24, 2.45) is 0 Å². The number of rotatable bonds is 9. The number of amides is 1. The van der Waals surface area contributed by atoms with Crippen LogP contribution in [0.15, 0.2) is 29.4 Å². The number of hydrogen-bond donors (Lipinski definition) is 0. The Hall–Kier alpha value is -2.88. The maximum atomic E-state index is 12.6. The lowest BCUT2D eigenvalue weighted by atomic mass is 10.1. The number of aryl methyl sites for hydroxylation is 1. The molecule has 0 N–H and O–H groups in total. The quantitative estimate of drug-likeness (QED) is 0.445. The van der Waals surface area contributed by atoms with Gasteiger partial charge in [0.1, 0.15) is 13.1 Å². The minimum Gasteiger partial charge on any atom is -0.468 e. The third-order valence-electron chi connectivity index (χ3n) is 4.08. The van der Waals surface area contributed by atoms with Gasteiger partial charge in [-0.2, -0.15) is 0 Å². The predicted octanol–water partition coefficient (Wildman–Crippen LogP) is 1.54. The minimum atomic E-state index is -0.620. The first-order chi connectivity index (χ1) is 13.9. The topological polar surface area (TPSA) is 104 Å². The molecule has 1 heterocycles. The number of esters is 2. The van der Waals surface area contributed by atoms with Crippen LogP contribution in [0.25, 0.3) is 11.4 Å². The Balaban J connectivity index is 2.13. The molecule has 0 saturated carbocycles. The van der Waals surface area contributed by atoms with E-state index < -0.39 is 17.8 Å². The monoisotopic (exact) mass is 420 g/mol. The van der Waals surface area contributed by atoms with Crippen LogP contribution in [0.2, 0.25) is 0 Å². The molecule has 29 heavy (non-hydrogen) atoms. The van der Waals surface area contributed by atoms with Gasteiger partial charge >= 0.3 is 11.9 Å². The first kappa shape index (κ1) is 22.4. The second kappa shape index (κ2) is 10.6. The van der Waals surface area contributed by atoms with E-state index in [0.717, 1.165) is 16.0 Å². The molecule has 0 bridgehead atoms. The lowest BCUT2D eigenvalue weighted by Gasteiger charge is -2.19. The first-order valence-corrected chi connectivity index (χ1v) is 9.92. The molecule has 0 aliphatic rings. The van der Waals surface area contributed by atoms with Crippen LogP contribution < -0.4 is 0 Å². The number of methoxy groups -OCH3 is 2. The third-order valence-corrected chi connectivity index (χ3v) is 5.03. The summed E-state index contributed by atoms with van der Waals surface area (Å²) in [4.78, 5) is 36.8. The maximum absolute atomic E-state index is 12.6. The van der Waals surface area contributed by atoms with E-state index in [1.165, 1.54) is 26.0 Å². The molecule has 0 unspecified atom stereocenters. The van der Waals surface area contributed by atoms with Gasteiger partial charge in [-0.3, -0.25) is 14.4 Å². The molecule has 2 rings (SSSR count). The molecule has 0 atom stereocenters. The van der Waals surface area contributed by atoms with Crippen LogP contribution in [-0.2, 0) is 30.4 Å². The fourth-order valence-corrected chi connectivity index (χ4v) is 3.47. The Labute approximate surface area is 173 Å². The van der Waals surface area contributed by atoms with Crippen LogP contribution in [0, 0.1) is 6.92 Å². The van der Waals surface area contributed by atoms with Crippen molar-refractivity contribution in [2.75, 3.05) is 33.1 Å². The zero-order chi connectivity index (χ0) is 21.4. The summed E-state index contributed by atoms with van der Waals surface area (Å²) >= 11 is 1.19. The van der Waals surface area contributed by atoms with Gasteiger partial charge in [-0.1, -0.05) is 35.5 Å². The molecule has 2 aromatic rings. The predicted molar refractivity (Wildman–Crippen MR) is 107 cm³/mol. The van der Waals surface area contributed by atoms with Crippen LogP contribution >= 0.6 is 11.8 Å². The summed E-state index contributed by atoms with van der Waals surface area (Å²) in [6.45, 7) is 3.93. The summed E-state index contributed by atoms with van der Waals surface area (Å²) in [5, 5.41) is 9.04. The fourth-order valence-electron chi connectivity index (χ4n) is 2.57. The molecular formula is C19H24N4O5S. The van der Waals surface area contributed by atoms with Crippen molar-refractivity contribution >= 4 is 29.6 Å². The number of thioether (sulfide) groups is 1. The molecule has 1 amide bonds. The van der Waals surface area contributed by atoms with Crippen molar-refractivity contribution < 1.29 is 23.9 Å². The molecule has 9 nitrogen and oxygen atoms in total. The summed E-state index contributed by atoms with van der Waals surface area (Å²) in [5.41, 5.74) is 2.05. The van der Waals surface area contributed by atoms with Crippen LogP contribution in [-0.4, -0.2) is 70.6 Å². The maximum Gasteiger partial charge on any atom is 0.325 e. The van der Waals surface area contributed by atoms with E-state index in [1.54, 1.807) is 0 Å². The molecule has 156 valence electrons. The average Bonchev–Trinajstić information content (AvgIpc) is 3.14. The highest BCUT2D eigenvalue weighted by Crippen LogP contribution is 2.24. The SMILES string of the molecule is CCn1c(SCC(=O)N(CC(=O)OC)CC(=O)OC)nnc1-c1cccc(C)c1. The highest BCUT2D eigenvalue weighted by atomic mass is 32.2. The lowest BCUT2D eigenvalue weighted by molar-refractivity contribution is -0.151. The molecule has 0 aliphatic heterocycles. The fraction of sp³-hybridized carbons (Fsp3) is 0.421. The molecule has 0 spiro atoms. The zero-order valence-corrected chi connectivity index (χ0v) is 17.7. The second-order valence-corrected chi connectivity index (χ2v) is 7.05. The van der Waals surface area contributed by atoms with Crippen molar-refractivity contribution in [3.63, 3.8) is 0 Å². The van der Waals surface area contributed by atoms with E-state index >= 15 is 0 Å². The summed E-state index contributed by atoms with van der Waals surface area (Å²) in [6, 6.07) is 7.93. The molecule has 0 aliphatic carbocycles. The number of hydrogen-bond acceptors (Lipinski definition) is 8. The van der Waals surface area contributed by atoms with E-state index in [2.05, 4.69) is 19.7 Å².